The molecular formula is C28H23N3O4. The van der Waals surface area contributed by atoms with Gasteiger partial charge in [-0.15, -0.1) is 0 Å². The molecule has 3 aliphatic rings. The molecule has 1 spiro atoms. The van der Waals surface area contributed by atoms with Gasteiger partial charge in [-0.3, -0.25) is 24.5 Å². The van der Waals surface area contributed by atoms with Gasteiger partial charge in [0.25, 0.3) is 0 Å². The predicted octanol–water partition coefficient (Wildman–Crippen LogP) is 3.06. The molecule has 2 fully saturated rings. The Morgan fingerprint density at radius 1 is 0.886 bits per heavy atom. The first kappa shape index (κ1) is 21.4. The van der Waals surface area contributed by atoms with E-state index in [1.165, 1.54) is 11.8 Å². The highest BCUT2D eigenvalue weighted by atomic mass is 16.2. The number of amides is 3. The number of hydrogen-bond donors (Lipinski definition) is 2. The number of Topliss-reactive ketones (excluding diaryl/α,β-unsaturated/α-hetero) is 1. The van der Waals surface area contributed by atoms with Crippen LogP contribution in [0.2, 0.25) is 0 Å². The summed E-state index contributed by atoms with van der Waals surface area (Å²) in [4.78, 5) is 54.2. The number of nitrogens with zero attached hydrogens (tertiary/aromatic N) is 1. The van der Waals surface area contributed by atoms with Gasteiger partial charge in [0.15, 0.2) is 5.78 Å². The van der Waals surface area contributed by atoms with Gasteiger partial charge in [0.05, 0.1) is 17.5 Å². The third-order valence-electron chi connectivity index (χ3n) is 7.45. The maximum Gasteiger partial charge on any atom is 0.250 e. The maximum absolute atomic E-state index is 13.9. The highest BCUT2D eigenvalue weighted by molar-refractivity contribution is 6.25. The fraction of sp³-hybridized carbons (Fsp3) is 0.214. The lowest BCUT2D eigenvalue weighted by Crippen LogP contribution is -2.53. The molecule has 0 radical (unpaired) electrons. The van der Waals surface area contributed by atoms with Crippen LogP contribution in [0, 0.1) is 11.8 Å². The minimum absolute atomic E-state index is 0.0993. The van der Waals surface area contributed by atoms with Crippen molar-refractivity contribution in [1.29, 1.82) is 0 Å². The van der Waals surface area contributed by atoms with Crippen LogP contribution in [-0.2, 0) is 26.3 Å². The van der Waals surface area contributed by atoms with Crippen molar-refractivity contribution < 1.29 is 19.2 Å². The number of ketones is 1. The van der Waals surface area contributed by atoms with Crippen LogP contribution >= 0.6 is 0 Å². The van der Waals surface area contributed by atoms with E-state index in [4.69, 9.17) is 0 Å². The van der Waals surface area contributed by atoms with Crippen molar-refractivity contribution in [2.75, 3.05) is 10.2 Å². The molecule has 0 bridgehead atoms. The second-order valence-corrected chi connectivity index (χ2v) is 9.37. The number of benzene rings is 3. The van der Waals surface area contributed by atoms with E-state index >= 15 is 0 Å². The van der Waals surface area contributed by atoms with Crippen LogP contribution in [0.3, 0.4) is 0 Å². The van der Waals surface area contributed by atoms with Crippen LogP contribution in [0.25, 0.3) is 0 Å². The Kier molecular flexibility index (Phi) is 4.72. The zero-order valence-electron chi connectivity index (χ0n) is 19.0. The van der Waals surface area contributed by atoms with Gasteiger partial charge in [0.2, 0.25) is 17.7 Å². The monoisotopic (exact) mass is 465 g/mol. The van der Waals surface area contributed by atoms with E-state index in [1.807, 2.05) is 54.6 Å². The van der Waals surface area contributed by atoms with Gasteiger partial charge in [-0.25, -0.2) is 4.90 Å². The third-order valence-corrected chi connectivity index (χ3v) is 7.45. The van der Waals surface area contributed by atoms with Crippen molar-refractivity contribution in [2.24, 2.45) is 11.8 Å². The Hall–Kier alpha value is -4.10. The number of nitrogens with one attached hydrogen (secondary N) is 2. The molecule has 4 unspecified atom stereocenters. The van der Waals surface area contributed by atoms with Crippen LogP contribution in [0.1, 0.15) is 28.4 Å². The molecule has 3 aromatic carbocycles. The summed E-state index contributed by atoms with van der Waals surface area (Å²) in [7, 11) is 0. The van der Waals surface area contributed by atoms with Gasteiger partial charge in [-0.2, -0.15) is 0 Å². The summed E-state index contributed by atoms with van der Waals surface area (Å²) >= 11 is 0. The van der Waals surface area contributed by atoms with Crippen molar-refractivity contribution in [1.82, 2.24) is 5.32 Å². The molecule has 2 N–H and O–H groups in total. The largest absolute Gasteiger partial charge is 0.324 e. The van der Waals surface area contributed by atoms with Crippen LogP contribution in [-0.4, -0.2) is 29.5 Å². The fourth-order valence-corrected chi connectivity index (χ4v) is 5.90. The molecule has 0 saturated carbocycles. The fourth-order valence-electron chi connectivity index (χ4n) is 5.90. The topological polar surface area (TPSA) is 95.6 Å². The van der Waals surface area contributed by atoms with Crippen molar-refractivity contribution in [2.45, 2.75) is 24.9 Å². The molecule has 3 heterocycles. The normalized spacial score (nSPS) is 26.7. The summed E-state index contributed by atoms with van der Waals surface area (Å²) in [5, 5.41) is 6.37. The smallest absolute Gasteiger partial charge is 0.250 e. The SMILES string of the molecule is CC(=O)c1ccc(N2C(=O)C3C(Cc4ccccc4)NC4(C(=O)Nc5ccccc54)C3C2=O)cc1. The summed E-state index contributed by atoms with van der Waals surface area (Å²) in [5.74, 6) is -2.77. The Balaban J connectivity index is 1.47. The summed E-state index contributed by atoms with van der Waals surface area (Å²) in [6.45, 7) is 1.46. The standard InChI is InChI=1S/C28H23N3O4/c1-16(32)18-11-13-19(14-12-18)31-25(33)23-22(15-17-7-3-2-4-8-17)30-28(24(23)26(31)34)20-9-5-6-10-21(20)29-27(28)35/h2-14,22-24,30H,15H2,1H3,(H,29,35). The van der Waals surface area contributed by atoms with E-state index < -0.39 is 29.3 Å². The lowest BCUT2D eigenvalue weighted by atomic mass is 9.76. The molecule has 0 aromatic heterocycles. The van der Waals surface area contributed by atoms with E-state index in [-0.39, 0.29) is 17.6 Å². The number of carbonyl (C=O) groups excluding carboxylic acids is 4. The Labute approximate surface area is 202 Å². The van der Waals surface area contributed by atoms with E-state index in [9.17, 15) is 19.2 Å². The van der Waals surface area contributed by atoms with Gasteiger partial charge < -0.3 is 5.32 Å². The minimum atomic E-state index is -1.33. The van der Waals surface area contributed by atoms with Crippen LogP contribution in [0.5, 0.6) is 0 Å². The number of carbonyl (C=O) groups is 4. The molecule has 35 heavy (non-hydrogen) atoms. The van der Waals surface area contributed by atoms with Crippen molar-refractivity contribution in [3.63, 3.8) is 0 Å². The predicted molar refractivity (Wildman–Crippen MR) is 130 cm³/mol. The molecule has 3 aliphatic heterocycles. The van der Waals surface area contributed by atoms with E-state index in [1.54, 1.807) is 24.3 Å². The number of hydrogen-bond acceptors (Lipinski definition) is 5. The molecule has 7 nitrogen and oxygen atoms in total. The van der Waals surface area contributed by atoms with Crippen LogP contribution in [0.15, 0.2) is 78.9 Å². The Morgan fingerprint density at radius 3 is 2.29 bits per heavy atom. The average Bonchev–Trinajstić information content (AvgIpc) is 3.44. The summed E-state index contributed by atoms with van der Waals surface area (Å²) in [5.41, 5.74) is 1.91. The maximum atomic E-state index is 13.9. The van der Waals surface area contributed by atoms with E-state index in [0.717, 1.165) is 5.56 Å². The summed E-state index contributed by atoms with van der Waals surface area (Å²) < 4.78 is 0. The van der Waals surface area contributed by atoms with Crippen molar-refractivity contribution >= 4 is 34.9 Å². The highest BCUT2D eigenvalue weighted by Crippen LogP contribution is 2.53. The first-order valence-electron chi connectivity index (χ1n) is 11.6. The quantitative estimate of drug-likeness (QED) is 0.456. The molecule has 7 heteroatoms. The zero-order chi connectivity index (χ0) is 24.3. The van der Waals surface area contributed by atoms with Gasteiger partial charge in [0, 0.05) is 22.9 Å². The van der Waals surface area contributed by atoms with Crippen LogP contribution < -0.4 is 15.5 Å². The lowest BCUT2D eigenvalue weighted by molar-refractivity contribution is -0.130. The van der Waals surface area contributed by atoms with Crippen molar-refractivity contribution in [3.05, 3.63) is 95.6 Å². The number of fused-ring (bicyclic) bond motifs is 4. The molecule has 3 amide bonds. The van der Waals surface area contributed by atoms with Gasteiger partial charge >= 0.3 is 0 Å². The van der Waals surface area contributed by atoms with Crippen LogP contribution in [0.4, 0.5) is 11.4 Å². The number of imide groups is 1. The lowest BCUT2D eigenvalue weighted by Gasteiger charge is -2.29. The molecule has 4 atom stereocenters. The first-order valence-corrected chi connectivity index (χ1v) is 11.6. The number of rotatable bonds is 4. The third kappa shape index (κ3) is 3.01. The first-order chi connectivity index (χ1) is 16.9. The summed E-state index contributed by atoms with van der Waals surface area (Å²) in [6, 6.07) is 23.1. The van der Waals surface area contributed by atoms with Gasteiger partial charge in [-0.05, 0) is 49.2 Å². The Bertz CT molecular complexity index is 1380. The zero-order valence-corrected chi connectivity index (χ0v) is 19.0. The van der Waals surface area contributed by atoms with Gasteiger partial charge in [0.1, 0.15) is 5.54 Å². The van der Waals surface area contributed by atoms with Crippen molar-refractivity contribution in [3.8, 4) is 0 Å². The second kappa shape index (κ2) is 7.71. The number of para-hydroxylation sites is 1. The number of anilines is 2. The molecule has 2 saturated heterocycles. The molecular weight excluding hydrogens is 442 g/mol. The molecule has 174 valence electrons. The molecule has 3 aromatic rings. The molecule has 6 rings (SSSR count). The second-order valence-electron chi connectivity index (χ2n) is 9.37. The average molecular weight is 466 g/mol. The molecule has 0 aliphatic carbocycles. The summed E-state index contributed by atoms with van der Waals surface area (Å²) in [6.07, 6.45) is 0.495. The van der Waals surface area contributed by atoms with E-state index in [0.29, 0.717) is 28.9 Å². The highest BCUT2D eigenvalue weighted by Gasteiger charge is 2.70. The van der Waals surface area contributed by atoms with Gasteiger partial charge in [-0.1, -0.05) is 48.5 Å². The minimum Gasteiger partial charge on any atom is -0.324 e. The Morgan fingerprint density at radius 2 is 1.57 bits per heavy atom. The van der Waals surface area contributed by atoms with E-state index in [2.05, 4.69) is 10.6 Å².